The van der Waals surface area contributed by atoms with Gasteiger partial charge in [0, 0.05) is 16.3 Å². The van der Waals surface area contributed by atoms with Crippen LogP contribution in [0.2, 0.25) is 0 Å². The van der Waals surface area contributed by atoms with Crippen LogP contribution < -0.4 is 10.9 Å². The number of hydrogen-bond acceptors (Lipinski definition) is 5. The highest BCUT2D eigenvalue weighted by Crippen LogP contribution is 2.31. The normalized spacial score (nSPS) is 11.0. The number of benzene rings is 3. The van der Waals surface area contributed by atoms with Crippen molar-refractivity contribution in [3.63, 3.8) is 0 Å². The lowest BCUT2D eigenvalue weighted by Crippen LogP contribution is -2.19. The largest absolute Gasteiger partial charge is 0.296 e. The van der Waals surface area contributed by atoms with Gasteiger partial charge in [-0.1, -0.05) is 60.7 Å². The molecular weight excluding hydrogens is 384 g/mol. The molecule has 7 heteroatoms. The van der Waals surface area contributed by atoms with Gasteiger partial charge < -0.3 is 0 Å². The highest BCUT2D eigenvalue weighted by Gasteiger charge is 2.16. The molecule has 2 aromatic heterocycles. The van der Waals surface area contributed by atoms with Crippen molar-refractivity contribution >= 4 is 43.9 Å². The van der Waals surface area contributed by atoms with E-state index in [9.17, 15) is 9.59 Å². The molecule has 0 radical (unpaired) electrons. The lowest BCUT2D eigenvalue weighted by atomic mass is 10.0. The molecule has 0 fully saturated rings. The maximum Gasteiger partial charge on any atom is 0.278 e. The summed E-state index contributed by atoms with van der Waals surface area (Å²) in [4.78, 5) is 29.3. The van der Waals surface area contributed by atoms with Gasteiger partial charge in [-0.2, -0.15) is 5.10 Å². The van der Waals surface area contributed by atoms with Crippen molar-refractivity contribution in [2.24, 2.45) is 0 Å². The molecule has 0 saturated carbocycles. The number of aromatic amines is 1. The third-order valence-electron chi connectivity index (χ3n) is 4.70. The van der Waals surface area contributed by atoms with Gasteiger partial charge in [0.1, 0.15) is 0 Å². The zero-order chi connectivity index (χ0) is 19.8. The van der Waals surface area contributed by atoms with Crippen LogP contribution in [-0.2, 0) is 0 Å². The third-order valence-corrected chi connectivity index (χ3v) is 5.46. The molecule has 29 heavy (non-hydrogen) atoms. The van der Waals surface area contributed by atoms with E-state index in [0.29, 0.717) is 15.9 Å². The Labute approximate surface area is 168 Å². The van der Waals surface area contributed by atoms with E-state index in [-0.39, 0.29) is 11.3 Å². The molecular formula is C22H14N4O2S. The van der Waals surface area contributed by atoms with Crippen molar-refractivity contribution in [3.05, 3.63) is 88.2 Å². The molecule has 1 amide bonds. The molecule has 0 saturated heterocycles. The number of fused-ring (bicyclic) bond motifs is 2. The van der Waals surface area contributed by atoms with Crippen molar-refractivity contribution in [2.75, 3.05) is 5.32 Å². The monoisotopic (exact) mass is 398 g/mol. The summed E-state index contributed by atoms with van der Waals surface area (Å²) in [7, 11) is 0. The fourth-order valence-corrected chi connectivity index (χ4v) is 4.05. The number of aromatic nitrogens is 3. The molecule has 0 unspecified atom stereocenters. The molecule has 6 nitrogen and oxygen atoms in total. The number of carbonyl (C=O) groups is 1. The number of hydrogen-bond donors (Lipinski definition) is 2. The number of nitrogens with one attached hydrogen (secondary N) is 2. The van der Waals surface area contributed by atoms with Gasteiger partial charge >= 0.3 is 0 Å². The molecule has 2 heterocycles. The number of carbonyl (C=O) groups excluding carboxylic acids is 1. The van der Waals surface area contributed by atoms with Crippen molar-refractivity contribution < 1.29 is 4.79 Å². The lowest BCUT2D eigenvalue weighted by Gasteiger charge is -2.05. The first kappa shape index (κ1) is 17.3. The summed E-state index contributed by atoms with van der Waals surface area (Å²) >= 11 is 1.34. The topological polar surface area (TPSA) is 87.7 Å². The van der Waals surface area contributed by atoms with Gasteiger partial charge in [-0.15, -0.1) is 11.3 Å². The number of thiazole rings is 1. The first-order chi connectivity index (χ1) is 14.2. The molecule has 3 aromatic carbocycles. The van der Waals surface area contributed by atoms with Crippen molar-refractivity contribution in [3.8, 4) is 11.3 Å². The minimum Gasteiger partial charge on any atom is -0.296 e. The van der Waals surface area contributed by atoms with Crippen LogP contribution in [0.4, 0.5) is 5.13 Å². The molecule has 140 valence electrons. The van der Waals surface area contributed by atoms with Crippen LogP contribution in [0.1, 0.15) is 10.5 Å². The van der Waals surface area contributed by atoms with Gasteiger partial charge in [0.2, 0.25) is 0 Å². The maximum absolute atomic E-state index is 12.8. The predicted molar refractivity (Wildman–Crippen MR) is 115 cm³/mol. The van der Waals surface area contributed by atoms with E-state index in [1.165, 1.54) is 11.3 Å². The Morgan fingerprint density at radius 2 is 1.62 bits per heavy atom. The lowest BCUT2D eigenvalue weighted by molar-refractivity contribution is 0.102. The van der Waals surface area contributed by atoms with Gasteiger partial charge in [0.25, 0.3) is 11.5 Å². The summed E-state index contributed by atoms with van der Waals surface area (Å²) < 4.78 is 0. The SMILES string of the molecule is O=C(Nc1nc(-c2cccc3ccccc23)cs1)c1n[nH]c(=O)c2ccccc12. The summed E-state index contributed by atoms with van der Waals surface area (Å²) in [5.41, 5.74) is 1.63. The summed E-state index contributed by atoms with van der Waals surface area (Å²) in [5.74, 6) is -0.420. The van der Waals surface area contributed by atoms with E-state index in [4.69, 9.17) is 0 Å². The molecule has 0 atom stereocenters. The molecule has 0 spiro atoms. The van der Waals surface area contributed by atoms with Crippen molar-refractivity contribution in [1.29, 1.82) is 0 Å². The molecule has 2 N–H and O–H groups in total. The maximum atomic E-state index is 12.8. The van der Waals surface area contributed by atoms with Crippen LogP contribution in [0.5, 0.6) is 0 Å². The number of H-pyrrole nitrogens is 1. The fourth-order valence-electron chi connectivity index (χ4n) is 3.35. The first-order valence-electron chi connectivity index (χ1n) is 8.93. The van der Waals surface area contributed by atoms with Crippen molar-refractivity contribution in [2.45, 2.75) is 0 Å². The third kappa shape index (κ3) is 3.07. The predicted octanol–water partition coefficient (Wildman–Crippen LogP) is 4.45. The minimum absolute atomic E-state index is 0.155. The van der Waals surface area contributed by atoms with E-state index in [1.807, 2.05) is 29.6 Å². The average molecular weight is 398 g/mol. The molecule has 0 aliphatic heterocycles. The highest BCUT2D eigenvalue weighted by molar-refractivity contribution is 7.14. The average Bonchev–Trinajstić information content (AvgIpc) is 3.22. The number of nitrogens with zero attached hydrogens (tertiary/aromatic N) is 2. The smallest absolute Gasteiger partial charge is 0.278 e. The quantitative estimate of drug-likeness (QED) is 0.470. The zero-order valence-corrected chi connectivity index (χ0v) is 15.9. The minimum atomic E-state index is -0.420. The fraction of sp³-hybridized carbons (Fsp3) is 0. The molecule has 0 aliphatic rings. The van der Waals surface area contributed by atoms with Crippen LogP contribution in [0.15, 0.2) is 76.9 Å². The number of rotatable bonds is 3. The molecule has 5 rings (SSSR count). The van der Waals surface area contributed by atoms with Gasteiger partial charge in [0.05, 0.1) is 11.1 Å². The van der Waals surface area contributed by atoms with E-state index in [2.05, 4.69) is 38.7 Å². The highest BCUT2D eigenvalue weighted by atomic mass is 32.1. The van der Waals surface area contributed by atoms with Gasteiger partial charge in [-0.25, -0.2) is 10.1 Å². The Kier molecular flexibility index (Phi) is 4.14. The molecule has 0 aliphatic carbocycles. The Morgan fingerprint density at radius 3 is 2.48 bits per heavy atom. The van der Waals surface area contributed by atoms with E-state index < -0.39 is 5.91 Å². The summed E-state index contributed by atoms with van der Waals surface area (Å²) in [6.07, 6.45) is 0. The summed E-state index contributed by atoms with van der Waals surface area (Å²) in [5, 5.41) is 14.6. The van der Waals surface area contributed by atoms with Gasteiger partial charge in [-0.05, 0) is 16.8 Å². The van der Waals surface area contributed by atoms with Crippen LogP contribution in [0.3, 0.4) is 0 Å². The van der Waals surface area contributed by atoms with Crippen LogP contribution in [0.25, 0.3) is 32.8 Å². The second-order valence-corrected chi connectivity index (χ2v) is 7.32. The van der Waals surface area contributed by atoms with E-state index in [0.717, 1.165) is 22.0 Å². The Bertz CT molecular complexity index is 1430. The zero-order valence-electron chi connectivity index (χ0n) is 15.0. The summed E-state index contributed by atoms with van der Waals surface area (Å²) in [6, 6.07) is 21.0. The Morgan fingerprint density at radius 1 is 0.897 bits per heavy atom. The van der Waals surface area contributed by atoms with E-state index >= 15 is 0 Å². The van der Waals surface area contributed by atoms with Gasteiger partial charge in [-0.3, -0.25) is 14.9 Å². The van der Waals surface area contributed by atoms with Crippen molar-refractivity contribution in [1.82, 2.24) is 15.2 Å². The van der Waals surface area contributed by atoms with Crippen LogP contribution >= 0.6 is 11.3 Å². The second kappa shape index (κ2) is 6.96. The number of amides is 1. The summed E-state index contributed by atoms with van der Waals surface area (Å²) in [6.45, 7) is 0. The standard InChI is InChI=1S/C22H14N4O2S/c27-20-17-10-4-3-9-16(17)19(25-26-20)21(28)24-22-23-18(12-29-22)15-11-5-7-13-6-1-2-8-14(13)15/h1-12H,(H,26,27)(H,23,24,28). The van der Waals surface area contributed by atoms with Crippen LogP contribution in [0, 0.1) is 0 Å². The second-order valence-electron chi connectivity index (χ2n) is 6.47. The van der Waals surface area contributed by atoms with E-state index in [1.54, 1.807) is 24.3 Å². The van der Waals surface area contributed by atoms with Crippen LogP contribution in [-0.4, -0.2) is 21.1 Å². The van der Waals surface area contributed by atoms with Gasteiger partial charge in [0.15, 0.2) is 10.8 Å². The number of anilines is 1. The molecule has 0 bridgehead atoms. The Balaban J connectivity index is 1.49. The first-order valence-corrected chi connectivity index (χ1v) is 9.81. The Hall–Kier alpha value is -3.84. The molecule has 5 aromatic rings.